The lowest BCUT2D eigenvalue weighted by Gasteiger charge is -2.24. The Morgan fingerprint density at radius 2 is 1.70 bits per heavy atom. The number of carbonyl (C=O) groups excluding carboxylic acids is 2. The van der Waals surface area contributed by atoms with Gasteiger partial charge in [-0.1, -0.05) is 41.9 Å². The fourth-order valence-electron chi connectivity index (χ4n) is 3.14. The van der Waals surface area contributed by atoms with Crippen LogP contribution in [0.3, 0.4) is 0 Å². The van der Waals surface area contributed by atoms with Crippen molar-refractivity contribution in [1.82, 2.24) is 10.2 Å². The molecule has 2 amide bonds. The van der Waals surface area contributed by atoms with E-state index in [2.05, 4.69) is 5.32 Å². The van der Waals surface area contributed by atoms with Gasteiger partial charge in [-0.15, -0.1) is 0 Å². The Morgan fingerprint density at radius 3 is 2.37 bits per heavy atom. The van der Waals surface area contributed by atoms with Crippen molar-refractivity contribution in [2.24, 2.45) is 0 Å². The van der Waals surface area contributed by atoms with E-state index < -0.39 is 23.6 Å². The molecule has 1 heterocycles. The molecule has 1 N–H and O–H groups in total. The van der Waals surface area contributed by atoms with E-state index in [1.54, 1.807) is 4.90 Å². The summed E-state index contributed by atoms with van der Waals surface area (Å²) in [7, 11) is 0. The van der Waals surface area contributed by atoms with Gasteiger partial charge in [0, 0.05) is 19.5 Å². The van der Waals surface area contributed by atoms with Crippen LogP contribution in [0.4, 0.5) is 8.78 Å². The topological polar surface area (TPSA) is 49.4 Å². The Balaban J connectivity index is 1.82. The summed E-state index contributed by atoms with van der Waals surface area (Å²) in [6.07, 6.45) is 2.14. The average Bonchev–Trinajstić information content (AvgIpc) is 3.19. The van der Waals surface area contributed by atoms with E-state index in [-0.39, 0.29) is 16.5 Å². The highest BCUT2D eigenvalue weighted by Crippen LogP contribution is 2.21. The molecule has 1 atom stereocenters. The molecule has 27 heavy (non-hydrogen) atoms. The predicted molar refractivity (Wildman–Crippen MR) is 98.6 cm³/mol. The van der Waals surface area contributed by atoms with Crippen LogP contribution in [0.2, 0.25) is 5.02 Å². The third-order valence-electron chi connectivity index (χ3n) is 4.56. The van der Waals surface area contributed by atoms with Crippen LogP contribution >= 0.6 is 11.6 Å². The fourth-order valence-corrected chi connectivity index (χ4v) is 3.38. The molecular weight excluding hydrogens is 374 g/mol. The lowest BCUT2D eigenvalue weighted by atomic mass is 10.0. The number of nitrogens with zero attached hydrogens (tertiary/aromatic N) is 1. The first kappa shape index (κ1) is 19.3. The number of benzene rings is 2. The lowest BCUT2D eigenvalue weighted by Crippen LogP contribution is -2.49. The minimum absolute atomic E-state index is 0.191. The number of nitrogens with one attached hydrogen (secondary N) is 1. The average molecular weight is 393 g/mol. The Morgan fingerprint density at radius 1 is 1.07 bits per heavy atom. The third-order valence-corrected chi connectivity index (χ3v) is 4.87. The molecule has 1 aliphatic rings. The summed E-state index contributed by atoms with van der Waals surface area (Å²) in [6.45, 7) is 1.29. The molecule has 0 aromatic heterocycles. The van der Waals surface area contributed by atoms with Gasteiger partial charge < -0.3 is 10.2 Å². The van der Waals surface area contributed by atoms with Gasteiger partial charge >= 0.3 is 0 Å². The molecule has 4 nitrogen and oxygen atoms in total. The van der Waals surface area contributed by atoms with Gasteiger partial charge in [-0.2, -0.15) is 0 Å². The molecule has 1 fully saturated rings. The lowest BCUT2D eigenvalue weighted by molar-refractivity contribution is -0.132. The minimum atomic E-state index is -1.17. The SMILES string of the molecule is O=C(NC(Cc1ccccc1)C(=O)N1CCCC1)c1cc(F)c(F)cc1Cl. The van der Waals surface area contributed by atoms with Crippen LogP contribution in [0.1, 0.15) is 28.8 Å². The normalized spacial score (nSPS) is 14.9. The predicted octanol–water partition coefficient (Wildman–Crippen LogP) is 3.58. The van der Waals surface area contributed by atoms with Crippen LogP contribution in [0.5, 0.6) is 0 Å². The summed E-state index contributed by atoms with van der Waals surface area (Å²) in [5.74, 6) is -3.21. The number of halogens is 3. The molecule has 0 aliphatic carbocycles. The maximum absolute atomic E-state index is 13.5. The van der Waals surface area contributed by atoms with Gasteiger partial charge in [-0.3, -0.25) is 9.59 Å². The summed E-state index contributed by atoms with van der Waals surface area (Å²) in [6, 6.07) is 9.96. The molecule has 3 rings (SSSR count). The standard InChI is InChI=1S/C20H19ClF2N2O2/c21-15-12-17(23)16(22)11-14(15)19(26)24-18(10-13-6-2-1-3-7-13)20(27)25-8-4-5-9-25/h1-3,6-7,11-12,18H,4-5,8-10H2,(H,24,26). The number of rotatable bonds is 5. The van der Waals surface area contributed by atoms with E-state index in [1.165, 1.54) is 0 Å². The Labute approximate surface area is 161 Å². The van der Waals surface area contributed by atoms with Crippen LogP contribution in [0.15, 0.2) is 42.5 Å². The number of hydrogen-bond acceptors (Lipinski definition) is 2. The van der Waals surface area contributed by atoms with Gasteiger partial charge in [0.15, 0.2) is 11.6 Å². The second-order valence-corrected chi connectivity index (χ2v) is 6.90. The monoisotopic (exact) mass is 392 g/mol. The summed E-state index contributed by atoms with van der Waals surface area (Å²) in [5.41, 5.74) is 0.676. The van der Waals surface area contributed by atoms with Gasteiger partial charge in [0.2, 0.25) is 5.91 Å². The summed E-state index contributed by atoms with van der Waals surface area (Å²) >= 11 is 5.88. The third kappa shape index (κ3) is 4.63. The zero-order valence-corrected chi connectivity index (χ0v) is 15.3. The van der Waals surface area contributed by atoms with Crippen molar-refractivity contribution in [3.05, 3.63) is 70.2 Å². The van der Waals surface area contributed by atoms with Crippen LogP contribution in [0, 0.1) is 11.6 Å². The molecule has 0 bridgehead atoms. The van der Waals surface area contributed by atoms with Crippen molar-refractivity contribution in [1.29, 1.82) is 0 Å². The van der Waals surface area contributed by atoms with E-state index in [1.807, 2.05) is 30.3 Å². The Bertz CT molecular complexity index is 839. The molecule has 1 saturated heterocycles. The van der Waals surface area contributed by atoms with E-state index in [9.17, 15) is 18.4 Å². The second-order valence-electron chi connectivity index (χ2n) is 6.49. The summed E-state index contributed by atoms with van der Waals surface area (Å²) < 4.78 is 26.8. The number of carbonyl (C=O) groups is 2. The first-order valence-electron chi connectivity index (χ1n) is 8.74. The highest BCUT2D eigenvalue weighted by atomic mass is 35.5. The fraction of sp³-hybridized carbons (Fsp3) is 0.300. The molecule has 1 aliphatic heterocycles. The van der Waals surface area contributed by atoms with Gasteiger partial charge in [0.05, 0.1) is 10.6 Å². The highest BCUT2D eigenvalue weighted by Gasteiger charge is 2.29. The molecule has 2 aromatic rings. The maximum atomic E-state index is 13.5. The van der Waals surface area contributed by atoms with E-state index >= 15 is 0 Å². The molecular formula is C20H19ClF2N2O2. The molecule has 0 radical (unpaired) electrons. The van der Waals surface area contributed by atoms with E-state index in [0.29, 0.717) is 19.5 Å². The maximum Gasteiger partial charge on any atom is 0.253 e. The van der Waals surface area contributed by atoms with Crippen LogP contribution < -0.4 is 5.32 Å². The number of hydrogen-bond donors (Lipinski definition) is 1. The van der Waals surface area contributed by atoms with Crippen LogP contribution in [0.25, 0.3) is 0 Å². The van der Waals surface area contributed by atoms with Gasteiger partial charge in [0.1, 0.15) is 6.04 Å². The number of amides is 2. The zero-order valence-electron chi connectivity index (χ0n) is 14.6. The molecule has 142 valence electrons. The van der Waals surface area contributed by atoms with Crippen molar-refractivity contribution in [2.45, 2.75) is 25.3 Å². The first-order chi connectivity index (χ1) is 13.0. The largest absolute Gasteiger partial charge is 0.341 e. The molecule has 2 aromatic carbocycles. The van der Waals surface area contributed by atoms with Crippen molar-refractivity contribution in [2.75, 3.05) is 13.1 Å². The molecule has 0 spiro atoms. The van der Waals surface area contributed by atoms with Crippen molar-refractivity contribution < 1.29 is 18.4 Å². The zero-order chi connectivity index (χ0) is 19.4. The van der Waals surface area contributed by atoms with Crippen molar-refractivity contribution in [3.63, 3.8) is 0 Å². The van der Waals surface area contributed by atoms with E-state index in [0.717, 1.165) is 30.5 Å². The van der Waals surface area contributed by atoms with Gasteiger partial charge in [-0.25, -0.2) is 8.78 Å². The van der Waals surface area contributed by atoms with Crippen LogP contribution in [-0.4, -0.2) is 35.8 Å². The Hall–Kier alpha value is -2.47. The van der Waals surface area contributed by atoms with Crippen LogP contribution in [-0.2, 0) is 11.2 Å². The second kappa shape index (κ2) is 8.48. The number of likely N-dealkylation sites (tertiary alicyclic amines) is 1. The molecule has 1 unspecified atom stereocenters. The highest BCUT2D eigenvalue weighted by molar-refractivity contribution is 6.33. The van der Waals surface area contributed by atoms with Crippen molar-refractivity contribution >= 4 is 23.4 Å². The molecule has 0 saturated carbocycles. The Kier molecular flexibility index (Phi) is 6.06. The summed E-state index contributed by atoms with van der Waals surface area (Å²) in [5, 5.41) is 2.43. The van der Waals surface area contributed by atoms with Crippen molar-refractivity contribution in [3.8, 4) is 0 Å². The first-order valence-corrected chi connectivity index (χ1v) is 9.11. The quantitative estimate of drug-likeness (QED) is 0.791. The van der Waals surface area contributed by atoms with Gasteiger partial charge in [-0.05, 0) is 30.5 Å². The minimum Gasteiger partial charge on any atom is -0.341 e. The molecule has 7 heteroatoms. The smallest absolute Gasteiger partial charge is 0.253 e. The van der Waals surface area contributed by atoms with Gasteiger partial charge in [0.25, 0.3) is 5.91 Å². The summed E-state index contributed by atoms with van der Waals surface area (Å²) in [4.78, 5) is 27.2. The van der Waals surface area contributed by atoms with E-state index in [4.69, 9.17) is 11.6 Å².